The van der Waals surface area contributed by atoms with Gasteiger partial charge >= 0.3 is 11.9 Å². The lowest BCUT2D eigenvalue weighted by molar-refractivity contribution is -0.196. The number of anilines is 1. The van der Waals surface area contributed by atoms with Gasteiger partial charge in [-0.3, -0.25) is 19.4 Å². The van der Waals surface area contributed by atoms with E-state index in [0.29, 0.717) is 5.56 Å². The molecule has 4 rings (SSSR count). The maximum Gasteiger partial charge on any atom is 0.425 e. The van der Waals surface area contributed by atoms with Crippen LogP contribution < -0.4 is 21.9 Å². The van der Waals surface area contributed by atoms with Crippen LogP contribution in [0, 0.1) is 13.8 Å². The standard InChI is InChI=1S/C22H17F3N4O4/c1-11-7-9-13(10-8-11)29-16-15(18(31)27-20(29)33)21(19(32)26-16,22(23,24)25)28-17(30)14-6-4-3-5-12(14)2/h3-10H,1-2H3,(H,26,32)(H,28,30)(H,27,31,33)/t21-/m1/s1. The first-order chi connectivity index (χ1) is 15.5. The highest BCUT2D eigenvalue weighted by molar-refractivity contribution is 6.09. The van der Waals surface area contributed by atoms with Gasteiger partial charge in [0.1, 0.15) is 11.4 Å². The van der Waals surface area contributed by atoms with Gasteiger partial charge in [-0.2, -0.15) is 13.2 Å². The van der Waals surface area contributed by atoms with Gasteiger partial charge in [-0.1, -0.05) is 35.9 Å². The number of alkyl halides is 3. The lowest BCUT2D eigenvalue weighted by Gasteiger charge is -2.30. The van der Waals surface area contributed by atoms with Crippen LogP contribution in [0.1, 0.15) is 27.0 Å². The minimum absolute atomic E-state index is 0.106. The van der Waals surface area contributed by atoms with Gasteiger partial charge in [-0.05, 0) is 37.6 Å². The molecular formula is C22H17F3N4O4. The molecule has 3 N–H and O–H groups in total. The Labute approximate surface area is 184 Å². The number of carbonyl (C=O) groups excluding carboxylic acids is 2. The summed E-state index contributed by atoms with van der Waals surface area (Å²) in [6.45, 7) is 3.28. The molecule has 0 radical (unpaired) electrons. The number of amides is 2. The number of benzene rings is 2. The number of aryl methyl sites for hydroxylation is 2. The van der Waals surface area contributed by atoms with Crippen LogP contribution in [-0.4, -0.2) is 27.5 Å². The number of nitrogens with one attached hydrogen (secondary N) is 3. The van der Waals surface area contributed by atoms with Crippen LogP contribution in [0.25, 0.3) is 5.69 Å². The molecule has 0 saturated carbocycles. The number of hydrogen-bond acceptors (Lipinski definition) is 4. The predicted molar refractivity (Wildman–Crippen MR) is 112 cm³/mol. The first kappa shape index (κ1) is 22.1. The van der Waals surface area contributed by atoms with E-state index < -0.39 is 46.2 Å². The summed E-state index contributed by atoms with van der Waals surface area (Å²) in [6.07, 6.45) is -5.41. The fraction of sp³-hybridized carbons (Fsp3) is 0.182. The van der Waals surface area contributed by atoms with E-state index in [0.717, 1.165) is 10.1 Å². The normalized spacial score (nSPS) is 17.4. The third-order valence-corrected chi connectivity index (χ3v) is 5.47. The van der Waals surface area contributed by atoms with Crippen molar-refractivity contribution in [2.24, 2.45) is 0 Å². The number of H-pyrrole nitrogens is 1. The Hall–Kier alpha value is -4.15. The zero-order valence-corrected chi connectivity index (χ0v) is 17.3. The van der Waals surface area contributed by atoms with Gasteiger partial charge in [0.2, 0.25) is 0 Å². The van der Waals surface area contributed by atoms with Crippen LogP contribution in [-0.2, 0) is 10.3 Å². The van der Waals surface area contributed by atoms with E-state index in [1.54, 1.807) is 30.4 Å². The molecule has 1 aliphatic rings. The molecule has 0 saturated heterocycles. The number of hydrogen-bond donors (Lipinski definition) is 3. The maximum absolute atomic E-state index is 14.5. The molecule has 0 fully saturated rings. The van der Waals surface area contributed by atoms with Crippen molar-refractivity contribution < 1.29 is 22.8 Å². The minimum atomic E-state index is -5.41. The van der Waals surface area contributed by atoms with Crippen molar-refractivity contribution in [3.63, 3.8) is 0 Å². The molecule has 33 heavy (non-hydrogen) atoms. The summed E-state index contributed by atoms with van der Waals surface area (Å²) in [4.78, 5) is 52.7. The van der Waals surface area contributed by atoms with Crippen LogP contribution in [0.15, 0.2) is 58.1 Å². The molecule has 0 aliphatic carbocycles. The van der Waals surface area contributed by atoms with Crippen molar-refractivity contribution in [2.45, 2.75) is 25.6 Å². The largest absolute Gasteiger partial charge is 0.425 e. The first-order valence-electron chi connectivity index (χ1n) is 9.70. The van der Waals surface area contributed by atoms with Crippen LogP contribution in [0.2, 0.25) is 0 Å². The van der Waals surface area contributed by atoms with E-state index in [-0.39, 0.29) is 11.3 Å². The number of rotatable bonds is 3. The summed E-state index contributed by atoms with van der Waals surface area (Å²) in [5.74, 6) is -3.58. The van der Waals surface area contributed by atoms with Gasteiger partial charge < -0.3 is 10.6 Å². The minimum Gasteiger partial charge on any atom is -0.326 e. The Morgan fingerprint density at radius 1 is 1.00 bits per heavy atom. The van der Waals surface area contributed by atoms with E-state index in [1.165, 1.54) is 37.3 Å². The zero-order valence-electron chi connectivity index (χ0n) is 17.3. The SMILES string of the molecule is Cc1ccc(-n2c3c(c(=O)[nH]c2=O)[C@](NC(=O)c2ccccc2C)(C(F)(F)F)C(=O)N3)cc1. The second kappa shape index (κ2) is 7.47. The predicted octanol–water partition coefficient (Wildman–Crippen LogP) is 2.28. The lowest BCUT2D eigenvalue weighted by atomic mass is 9.91. The molecule has 0 bridgehead atoms. The average molecular weight is 458 g/mol. The van der Waals surface area contributed by atoms with Crippen LogP contribution in [0.5, 0.6) is 0 Å². The summed E-state index contributed by atoms with van der Waals surface area (Å²) in [5, 5.41) is 3.73. The highest BCUT2D eigenvalue weighted by atomic mass is 19.4. The third kappa shape index (κ3) is 3.32. The highest BCUT2D eigenvalue weighted by Crippen LogP contribution is 2.45. The van der Waals surface area contributed by atoms with Crippen molar-refractivity contribution >= 4 is 17.6 Å². The summed E-state index contributed by atoms with van der Waals surface area (Å²) < 4.78 is 44.2. The highest BCUT2D eigenvalue weighted by Gasteiger charge is 2.68. The summed E-state index contributed by atoms with van der Waals surface area (Å²) in [5.41, 5.74) is -6.15. The molecule has 2 amide bonds. The second-order valence-electron chi connectivity index (χ2n) is 7.62. The molecule has 1 aliphatic heterocycles. The molecule has 3 aromatic rings. The fourth-order valence-electron chi connectivity index (χ4n) is 3.78. The van der Waals surface area contributed by atoms with Gasteiger partial charge in [0.05, 0.1) is 5.69 Å². The number of carbonyl (C=O) groups is 2. The molecule has 8 nitrogen and oxygen atoms in total. The average Bonchev–Trinajstić information content (AvgIpc) is 3.02. The summed E-state index contributed by atoms with van der Waals surface area (Å²) in [6, 6.07) is 11.9. The number of aromatic nitrogens is 2. The lowest BCUT2D eigenvalue weighted by Crippen LogP contribution is -2.62. The van der Waals surface area contributed by atoms with E-state index in [1.807, 2.05) is 10.3 Å². The number of aromatic amines is 1. The molecule has 0 spiro atoms. The van der Waals surface area contributed by atoms with Crippen molar-refractivity contribution in [1.82, 2.24) is 14.9 Å². The smallest absolute Gasteiger partial charge is 0.326 e. The van der Waals surface area contributed by atoms with Crippen LogP contribution in [0.3, 0.4) is 0 Å². The van der Waals surface area contributed by atoms with Crippen molar-refractivity contribution in [3.8, 4) is 5.69 Å². The molecule has 1 aromatic heterocycles. The van der Waals surface area contributed by atoms with E-state index >= 15 is 0 Å². The van der Waals surface area contributed by atoms with Crippen molar-refractivity contribution in [1.29, 1.82) is 0 Å². The quantitative estimate of drug-likeness (QED) is 0.559. The summed E-state index contributed by atoms with van der Waals surface area (Å²) >= 11 is 0. The maximum atomic E-state index is 14.5. The van der Waals surface area contributed by atoms with Gasteiger partial charge in [0, 0.05) is 5.56 Å². The van der Waals surface area contributed by atoms with Crippen LogP contribution in [0.4, 0.5) is 19.0 Å². The first-order valence-corrected chi connectivity index (χ1v) is 9.70. The number of fused-ring (bicyclic) bond motifs is 1. The Morgan fingerprint density at radius 3 is 2.24 bits per heavy atom. The number of halogens is 3. The molecule has 11 heteroatoms. The molecule has 2 heterocycles. The zero-order chi connectivity index (χ0) is 24.1. The Bertz CT molecular complexity index is 1410. The van der Waals surface area contributed by atoms with E-state index in [9.17, 15) is 32.3 Å². The van der Waals surface area contributed by atoms with Gasteiger partial charge in [0.25, 0.3) is 22.9 Å². The second-order valence-corrected chi connectivity index (χ2v) is 7.62. The monoisotopic (exact) mass is 458 g/mol. The Morgan fingerprint density at radius 2 is 1.64 bits per heavy atom. The van der Waals surface area contributed by atoms with Crippen molar-refractivity contribution in [3.05, 3.63) is 91.6 Å². The van der Waals surface area contributed by atoms with Gasteiger partial charge in [0.15, 0.2) is 0 Å². The summed E-state index contributed by atoms with van der Waals surface area (Å²) in [7, 11) is 0. The Balaban J connectivity index is 1.98. The molecule has 1 atom stereocenters. The Kier molecular flexibility index (Phi) is 4.99. The number of nitrogens with zero attached hydrogens (tertiary/aromatic N) is 1. The van der Waals surface area contributed by atoms with Gasteiger partial charge in [-0.25, -0.2) is 9.36 Å². The third-order valence-electron chi connectivity index (χ3n) is 5.47. The van der Waals surface area contributed by atoms with Gasteiger partial charge in [-0.15, -0.1) is 0 Å². The van der Waals surface area contributed by atoms with E-state index in [2.05, 4.69) is 0 Å². The molecule has 0 unspecified atom stereocenters. The molecule has 2 aromatic carbocycles. The fourth-order valence-corrected chi connectivity index (χ4v) is 3.78. The van der Waals surface area contributed by atoms with E-state index in [4.69, 9.17) is 0 Å². The van der Waals surface area contributed by atoms with Crippen LogP contribution >= 0.6 is 0 Å². The van der Waals surface area contributed by atoms with Crippen molar-refractivity contribution in [2.75, 3.05) is 5.32 Å². The topological polar surface area (TPSA) is 113 Å². The molecule has 170 valence electrons. The molecular weight excluding hydrogens is 441 g/mol.